The third-order valence-corrected chi connectivity index (χ3v) is 8.72. The number of nitriles is 1. The number of Topliss-reactive ketones (excluding diaryl/α,β-unsaturated/α-hetero) is 1. The molecular formula is C23H35NO. The highest BCUT2D eigenvalue weighted by molar-refractivity contribution is 6.04. The summed E-state index contributed by atoms with van der Waals surface area (Å²) in [7, 11) is 0. The molecule has 0 heterocycles. The van der Waals surface area contributed by atoms with Crippen LogP contribution in [0.25, 0.3) is 0 Å². The Kier molecular flexibility index (Phi) is 4.46. The fraction of sp³-hybridized carbons (Fsp3) is 0.826. The minimum atomic E-state index is -0.410. The molecule has 3 rings (SSSR count). The van der Waals surface area contributed by atoms with Crippen LogP contribution in [-0.4, -0.2) is 5.78 Å². The molecular weight excluding hydrogens is 306 g/mol. The predicted molar refractivity (Wildman–Crippen MR) is 102 cm³/mol. The van der Waals surface area contributed by atoms with Gasteiger partial charge in [-0.25, -0.2) is 0 Å². The molecule has 0 radical (unpaired) electrons. The zero-order valence-electron chi connectivity index (χ0n) is 17.0. The maximum Gasteiger partial charge on any atom is 0.178 e. The third-order valence-electron chi connectivity index (χ3n) is 8.72. The van der Waals surface area contributed by atoms with Crippen molar-refractivity contribution in [3.63, 3.8) is 0 Å². The number of carbonyl (C=O) groups excluding carboxylic acids is 1. The van der Waals surface area contributed by atoms with E-state index < -0.39 is 5.41 Å². The fourth-order valence-corrected chi connectivity index (χ4v) is 7.18. The molecule has 0 N–H and O–H groups in total. The van der Waals surface area contributed by atoms with Crippen molar-refractivity contribution in [2.45, 2.75) is 80.1 Å². The summed E-state index contributed by atoms with van der Waals surface area (Å²) in [5, 5.41) is 9.56. The molecule has 0 aromatic rings. The average Bonchev–Trinajstić information content (AvgIpc) is 2.55. The number of hydrogen-bond acceptors (Lipinski definition) is 2. The van der Waals surface area contributed by atoms with Crippen LogP contribution in [0.2, 0.25) is 0 Å². The van der Waals surface area contributed by atoms with Crippen molar-refractivity contribution < 1.29 is 4.79 Å². The van der Waals surface area contributed by atoms with Crippen LogP contribution in [0.4, 0.5) is 0 Å². The molecule has 0 amide bonds. The molecule has 0 bridgehead atoms. The first-order valence-corrected chi connectivity index (χ1v) is 10.3. The summed E-state index contributed by atoms with van der Waals surface area (Å²) in [5.41, 5.74) is 0.458. The fourth-order valence-electron chi connectivity index (χ4n) is 7.18. The number of fused-ring (bicyclic) bond motifs is 3. The quantitative estimate of drug-likeness (QED) is 0.624. The molecule has 138 valence electrons. The topological polar surface area (TPSA) is 40.9 Å². The SMILES string of the molecule is CCC[C@@]1(C)CCC2C(CCC3C(C)(C)C(=O)C(C#N)=C[C@]23C)C1C. The highest BCUT2D eigenvalue weighted by Gasteiger charge is 2.60. The van der Waals surface area contributed by atoms with E-state index in [2.05, 4.69) is 53.7 Å². The van der Waals surface area contributed by atoms with E-state index in [1.807, 2.05) is 0 Å². The lowest BCUT2D eigenvalue weighted by molar-refractivity contribution is -0.142. The van der Waals surface area contributed by atoms with Crippen LogP contribution < -0.4 is 0 Å². The molecule has 0 aliphatic heterocycles. The van der Waals surface area contributed by atoms with Crippen molar-refractivity contribution in [2.24, 2.45) is 39.9 Å². The Balaban J connectivity index is 2.02. The Morgan fingerprint density at radius 3 is 2.48 bits per heavy atom. The Labute approximate surface area is 154 Å². The zero-order chi connectivity index (χ0) is 18.6. The van der Waals surface area contributed by atoms with Crippen LogP contribution >= 0.6 is 0 Å². The van der Waals surface area contributed by atoms with Crippen molar-refractivity contribution in [3.8, 4) is 6.07 Å². The Morgan fingerprint density at radius 2 is 1.88 bits per heavy atom. The van der Waals surface area contributed by atoms with Crippen molar-refractivity contribution in [3.05, 3.63) is 11.6 Å². The van der Waals surface area contributed by atoms with E-state index in [9.17, 15) is 10.1 Å². The van der Waals surface area contributed by atoms with Crippen LogP contribution in [0.5, 0.6) is 0 Å². The number of ketones is 1. The Hall–Kier alpha value is -1.10. The molecule has 25 heavy (non-hydrogen) atoms. The van der Waals surface area contributed by atoms with E-state index in [0.717, 1.165) is 18.3 Å². The Bertz CT molecular complexity index is 639. The van der Waals surface area contributed by atoms with E-state index in [1.165, 1.54) is 32.1 Å². The van der Waals surface area contributed by atoms with Crippen LogP contribution in [0.3, 0.4) is 0 Å². The highest BCUT2D eigenvalue weighted by atomic mass is 16.1. The normalized spacial score (nSPS) is 45.8. The van der Waals surface area contributed by atoms with Gasteiger partial charge in [0.15, 0.2) is 5.78 Å². The number of hydrogen-bond donors (Lipinski definition) is 0. The summed E-state index contributed by atoms with van der Waals surface area (Å²) >= 11 is 0. The second-order valence-electron chi connectivity index (χ2n) is 10.2. The summed E-state index contributed by atoms with van der Waals surface area (Å²) in [6.07, 6.45) is 9.58. The second kappa shape index (κ2) is 5.97. The summed E-state index contributed by atoms with van der Waals surface area (Å²) in [6, 6.07) is 2.22. The largest absolute Gasteiger partial charge is 0.293 e. The van der Waals surface area contributed by atoms with E-state index in [1.54, 1.807) is 0 Å². The van der Waals surface area contributed by atoms with Crippen LogP contribution in [0.1, 0.15) is 80.1 Å². The lowest BCUT2D eigenvalue weighted by Gasteiger charge is -2.62. The van der Waals surface area contributed by atoms with Gasteiger partial charge in [-0.05, 0) is 66.6 Å². The maximum absolute atomic E-state index is 12.8. The van der Waals surface area contributed by atoms with Crippen molar-refractivity contribution in [2.75, 3.05) is 0 Å². The van der Waals surface area contributed by atoms with Gasteiger partial charge in [-0.1, -0.05) is 54.0 Å². The highest BCUT2D eigenvalue weighted by Crippen LogP contribution is 2.65. The van der Waals surface area contributed by atoms with Gasteiger partial charge in [0.1, 0.15) is 6.07 Å². The lowest BCUT2D eigenvalue weighted by Crippen LogP contribution is -2.57. The van der Waals surface area contributed by atoms with Crippen LogP contribution in [0, 0.1) is 51.2 Å². The van der Waals surface area contributed by atoms with Gasteiger partial charge in [0.05, 0.1) is 5.57 Å². The van der Waals surface area contributed by atoms with Crippen molar-refractivity contribution in [1.82, 2.24) is 0 Å². The van der Waals surface area contributed by atoms with Gasteiger partial charge in [0.2, 0.25) is 0 Å². The average molecular weight is 342 g/mol. The summed E-state index contributed by atoms with van der Waals surface area (Å²) < 4.78 is 0. The van der Waals surface area contributed by atoms with E-state index in [4.69, 9.17) is 0 Å². The molecule has 2 fully saturated rings. The smallest absolute Gasteiger partial charge is 0.178 e. The monoisotopic (exact) mass is 341 g/mol. The molecule has 3 aliphatic rings. The lowest BCUT2D eigenvalue weighted by atomic mass is 9.42. The number of nitrogens with zero attached hydrogens (tertiary/aromatic N) is 1. The molecule has 2 nitrogen and oxygen atoms in total. The van der Waals surface area contributed by atoms with Crippen LogP contribution in [0.15, 0.2) is 11.6 Å². The molecule has 6 atom stereocenters. The number of allylic oxidation sites excluding steroid dienone is 2. The van der Waals surface area contributed by atoms with Gasteiger partial charge in [-0.15, -0.1) is 0 Å². The molecule has 0 aromatic heterocycles. The minimum absolute atomic E-state index is 0.00675. The first-order chi connectivity index (χ1) is 11.6. The maximum atomic E-state index is 12.8. The van der Waals surface area contributed by atoms with Gasteiger partial charge in [-0.2, -0.15) is 5.26 Å². The second-order valence-corrected chi connectivity index (χ2v) is 10.2. The number of carbonyl (C=O) groups is 1. The molecule has 2 saturated carbocycles. The van der Waals surface area contributed by atoms with Gasteiger partial charge >= 0.3 is 0 Å². The third kappa shape index (κ3) is 2.53. The predicted octanol–water partition coefficient (Wildman–Crippen LogP) is 5.93. The Morgan fingerprint density at radius 1 is 1.20 bits per heavy atom. The number of rotatable bonds is 2. The summed E-state index contributed by atoms with van der Waals surface area (Å²) in [6.45, 7) is 13.8. The minimum Gasteiger partial charge on any atom is -0.293 e. The zero-order valence-corrected chi connectivity index (χ0v) is 17.0. The molecule has 4 unspecified atom stereocenters. The van der Waals surface area contributed by atoms with Gasteiger partial charge in [-0.3, -0.25) is 4.79 Å². The van der Waals surface area contributed by atoms with E-state index in [-0.39, 0.29) is 11.2 Å². The van der Waals surface area contributed by atoms with Crippen LogP contribution in [-0.2, 0) is 4.79 Å². The molecule has 0 spiro atoms. The van der Waals surface area contributed by atoms with Gasteiger partial charge in [0.25, 0.3) is 0 Å². The summed E-state index contributed by atoms with van der Waals surface area (Å²) in [5.74, 6) is 2.50. The van der Waals surface area contributed by atoms with E-state index >= 15 is 0 Å². The van der Waals surface area contributed by atoms with Gasteiger partial charge in [0, 0.05) is 5.41 Å². The molecule has 2 heteroatoms. The van der Waals surface area contributed by atoms with Crippen molar-refractivity contribution in [1.29, 1.82) is 5.26 Å². The summed E-state index contributed by atoms with van der Waals surface area (Å²) in [4.78, 5) is 12.8. The first-order valence-electron chi connectivity index (χ1n) is 10.3. The first kappa shape index (κ1) is 18.7. The van der Waals surface area contributed by atoms with Crippen molar-refractivity contribution >= 4 is 5.78 Å². The molecule has 0 aromatic carbocycles. The molecule has 0 saturated heterocycles. The van der Waals surface area contributed by atoms with Gasteiger partial charge < -0.3 is 0 Å². The standard InChI is InChI=1S/C23H35NO/c1-7-11-22(5)12-10-18-17(15(22)2)8-9-19-21(3,4)20(25)16(14-24)13-23(18,19)6/h13,15,17-19H,7-12H2,1-6H3/t15?,17?,18?,19?,22-,23+/m0/s1. The molecule has 3 aliphatic carbocycles. The van der Waals surface area contributed by atoms with E-state index in [0.29, 0.717) is 22.8 Å².